The molecule has 0 spiro atoms. The third-order valence-electron chi connectivity index (χ3n) is 5.01. The average Bonchev–Trinajstić information content (AvgIpc) is 3.06. The highest BCUT2D eigenvalue weighted by atomic mass is 15.1. The van der Waals surface area contributed by atoms with Gasteiger partial charge in [-0.3, -0.25) is 0 Å². The average molecular weight is 271 g/mol. The molecule has 108 valence electrons. The highest BCUT2D eigenvalue weighted by Gasteiger charge is 2.34. The summed E-state index contributed by atoms with van der Waals surface area (Å²) in [7, 11) is 2.12. The van der Waals surface area contributed by atoms with Gasteiger partial charge in [0.15, 0.2) is 0 Å². The Kier molecular flexibility index (Phi) is 3.55. The van der Waals surface area contributed by atoms with Gasteiger partial charge >= 0.3 is 0 Å². The van der Waals surface area contributed by atoms with Crippen LogP contribution in [-0.2, 0) is 18.9 Å². The van der Waals surface area contributed by atoms with E-state index >= 15 is 0 Å². The van der Waals surface area contributed by atoms with Gasteiger partial charge in [0.05, 0.1) is 11.0 Å². The lowest BCUT2D eigenvalue weighted by atomic mass is 9.79. The van der Waals surface area contributed by atoms with Gasteiger partial charge in [-0.25, -0.2) is 4.98 Å². The van der Waals surface area contributed by atoms with Gasteiger partial charge in [0.1, 0.15) is 5.82 Å². The summed E-state index contributed by atoms with van der Waals surface area (Å²) >= 11 is 0. The SMILES string of the molecule is CCCc1nc2cc(C3(CN)CCCC3)ccc2n1C. The Bertz CT molecular complexity index is 606. The van der Waals surface area contributed by atoms with Gasteiger partial charge in [-0.2, -0.15) is 0 Å². The van der Waals surface area contributed by atoms with Gasteiger partial charge < -0.3 is 10.3 Å². The van der Waals surface area contributed by atoms with Crippen LogP contribution in [0.5, 0.6) is 0 Å². The largest absolute Gasteiger partial charge is 0.331 e. The van der Waals surface area contributed by atoms with E-state index in [-0.39, 0.29) is 5.41 Å². The van der Waals surface area contributed by atoms with Crippen molar-refractivity contribution in [2.24, 2.45) is 12.8 Å². The van der Waals surface area contributed by atoms with E-state index in [4.69, 9.17) is 10.7 Å². The van der Waals surface area contributed by atoms with E-state index in [9.17, 15) is 0 Å². The molecule has 1 aliphatic carbocycles. The van der Waals surface area contributed by atoms with Gasteiger partial charge in [0.25, 0.3) is 0 Å². The van der Waals surface area contributed by atoms with Gasteiger partial charge in [-0.05, 0) is 37.0 Å². The predicted octanol–water partition coefficient (Wildman–Crippen LogP) is 3.30. The minimum atomic E-state index is 0.205. The third-order valence-corrected chi connectivity index (χ3v) is 5.01. The molecule has 1 aliphatic rings. The lowest BCUT2D eigenvalue weighted by Crippen LogP contribution is -2.31. The maximum Gasteiger partial charge on any atom is 0.109 e. The van der Waals surface area contributed by atoms with E-state index in [0.29, 0.717) is 0 Å². The zero-order valence-corrected chi connectivity index (χ0v) is 12.7. The molecule has 0 bridgehead atoms. The number of imidazole rings is 1. The van der Waals surface area contributed by atoms with Gasteiger partial charge in [-0.15, -0.1) is 0 Å². The summed E-state index contributed by atoms with van der Waals surface area (Å²) in [6, 6.07) is 6.79. The molecule has 3 nitrogen and oxygen atoms in total. The third kappa shape index (κ3) is 2.05. The normalized spacial score (nSPS) is 17.9. The van der Waals surface area contributed by atoms with Crippen LogP contribution in [0.2, 0.25) is 0 Å². The molecule has 1 aromatic carbocycles. The fourth-order valence-electron chi connectivity index (χ4n) is 3.69. The topological polar surface area (TPSA) is 43.8 Å². The van der Waals surface area contributed by atoms with Crippen molar-refractivity contribution in [3.8, 4) is 0 Å². The first-order valence-corrected chi connectivity index (χ1v) is 7.86. The van der Waals surface area contributed by atoms with Crippen LogP contribution in [0.4, 0.5) is 0 Å². The van der Waals surface area contributed by atoms with Crippen LogP contribution in [0.3, 0.4) is 0 Å². The molecule has 2 aromatic rings. The van der Waals surface area contributed by atoms with Crippen molar-refractivity contribution in [3.05, 3.63) is 29.6 Å². The Morgan fingerprint density at radius 3 is 2.70 bits per heavy atom. The van der Waals surface area contributed by atoms with Crippen molar-refractivity contribution in [1.29, 1.82) is 0 Å². The Labute approximate surface area is 121 Å². The lowest BCUT2D eigenvalue weighted by molar-refractivity contribution is 0.453. The summed E-state index contributed by atoms with van der Waals surface area (Å²) in [5.41, 5.74) is 10.1. The molecule has 3 rings (SSSR count). The summed E-state index contributed by atoms with van der Waals surface area (Å²) in [6.07, 6.45) is 7.24. The van der Waals surface area contributed by atoms with Crippen molar-refractivity contribution >= 4 is 11.0 Å². The summed E-state index contributed by atoms with van der Waals surface area (Å²) < 4.78 is 2.23. The quantitative estimate of drug-likeness (QED) is 0.927. The highest BCUT2D eigenvalue weighted by Crippen LogP contribution is 2.41. The number of nitrogens with two attached hydrogens (primary N) is 1. The van der Waals surface area contributed by atoms with Gasteiger partial charge in [-0.1, -0.05) is 25.8 Å². The first kappa shape index (κ1) is 13.6. The van der Waals surface area contributed by atoms with Crippen molar-refractivity contribution in [1.82, 2.24) is 9.55 Å². The number of aromatic nitrogens is 2. The second kappa shape index (κ2) is 5.21. The lowest BCUT2D eigenvalue weighted by Gasteiger charge is -2.27. The molecule has 1 saturated carbocycles. The van der Waals surface area contributed by atoms with E-state index in [2.05, 4.69) is 36.7 Å². The van der Waals surface area contributed by atoms with E-state index in [1.165, 1.54) is 42.6 Å². The van der Waals surface area contributed by atoms with E-state index in [1.807, 2.05) is 0 Å². The maximum atomic E-state index is 6.10. The molecule has 20 heavy (non-hydrogen) atoms. The second-order valence-electron chi connectivity index (χ2n) is 6.23. The molecule has 0 radical (unpaired) electrons. The van der Waals surface area contributed by atoms with Crippen LogP contribution in [0, 0.1) is 0 Å². The fraction of sp³-hybridized carbons (Fsp3) is 0.588. The highest BCUT2D eigenvalue weighted by molar-refractivity contribution is 5.77. The Morgan fingerprint density at radius 1 is 1.30 bits per heavy atom. The standard InChI is InChI=1S/C17H25N3/c1-3-6-16-19-14-11-13(7-8-15(14)20(16)2)17(12-18)9-4-5-10-17/h7-8,11H,3-6,9-10,12,18H2,1-2H3. The van der Waals surface area contributed by atoms with Crippen LogP contribution in [0.15, 0.2) is 18.2 Å². The maximum absolute atomic E-state index is 6.10. The summed E-state index contributed by atoms with van der Waals surface area (Å²) in [5, 5.41) is 0. The monoisotopic (exact) mass is 271 g/mol. The van der Waals surface area contributed by atoms with E-state index in [1.54, 1.807) is 0 Å². The first-order chi connectivity index (χ1) is 9.70. The summed E-state index contributed by atoms with van der Waals surface area (Å²) in [5.74, 6) is 1.19. The zero-order chi connectivity index (χ0) is 14.2. The molecule has 1 fully saturated rings. The predicted molar refractivity (Wildman–Crippen MR) is 83.9 cm³/mol. The van der Waals surface area contributed by atoms with Crippen LogP contribution < -0.4 is 5.73 Å². The van der Waals surface area contributed by atoms with E-state index in [0.717, 1.165) is 24.9 Å². The Hall–Kier alpha value is -1.35. The summed E-state index contributed by atoms with van der Waals surface area (Å²) in [6.45, 7) is 2.96. The first-order valence-electron chi connectivity index (χ1n) is 7.86. The molecule has 1 aromatic heterocycles. The molecule has 0 atom stereocenters. The molecular formula is C17H25N3. The van der Waals surface area contributed by atoms with Crippen LogP contribution in [-0.4, -0.2) is 16.1 Å². The Balaban J connectivity index is 2.06. The van der Waals surface area contributed by atoms with Crippen molar-refractivity contribution in [3.63, 3.8) is 0 Å². The zero-order valence-electron chi connectivity index (χ0n) is 12.7. The number of nitrogens with zero attached hydrogens (tertiary/aromatic N) is 2. The molecule has 0 amide bonds. The number of benzene rings is 1. The number of aryl methyl sites for hydroxylation is 2. The Morgan fingerprint density at radius 2 is 2.05 bits per heavy atom. The number of rotatable bonds is 4. The molecule has 0 saturated heterocycles. The minimum absolute atomic E-state index is 0.205. The smallest absolute Gasteiger partial charge is 0.109 e. The number of fused-ring (bicyclic) bond motifs is 1. The van der Waals surface area contributed by atoms with Gasteiger partial charge in [0, 0.05) is 25.4 Å². The number of hydrogen-bond acceptors (Lipinski definition) is 2. The second-order valence-corrected chi connectivity index (χ2v) is 6.23. The molecule has 1 heterocycles. The van der Waals surface area contributed by atoms with Crippen molar-refractivity contribution in [2.45, 2.75) is 50.9 Å². The van der Waals surface area contributed by atoms with Crippen molar-refractivity contribution < 1.29 is 0 Å². The molecule has 3 heteroatoms. The molecule has 2 N–H and O–H groups in total. The number of hydrogen-bond donors (Lipinski definition) is 1. The minimum Gasteiger partial charge on any atom is -0.331 e. The molecule has 0 unspecified atom stereocenters. The fourth-order valence-corrected chi connectivity index (χ4v) is 3.69. The van der Waals surface area contributed by atoms with Crippen LogP contribution in [0.1, 0.15) is 50.4 Å². The van der Waals surface area contributed by atoms with Crippen LogP contribution in [0.25, 0.3) is 11.0 Å². The van der Waals surface area contributed by atoms with E-state index < -0.39 is 0 Å². The molecule has 0 aliphatic heterocycles. The molecular weight excluding hydrogens is 246 g/mol. The van der Waals surface area contributed by atoms with Gasteiger partial charge in [0.2, 0.25) is 0 Å². The van der Waals surface area contributed by atoms with Crippen LogP contribution >= 0.6 is 0 Å². The summed E-state index contributed by atoms with van der Waals surface area (Å²) in [4.78, 5) is 4.82. The van der Waals surface area contributed by atoms with Crippen molar-refractivity contribution in [2.75, 3.05) is 6.54 Å².